The van der Waals surface area contributed by atoms with Gasteiger partial charge in [-0.25, -0.2) is 0 Å². The van der Waals surface area contributed by atoms with Crippen LogP contribution in [0, 0.1) is 11.8 Å². The summed E-state index contributed by atoms with van der Waals surface area (Å²) in [7, 11) is 0. The number of carbonyl (C=O) groups is 1. The van der Waals surface area contributed by atoms with E-state index in [2.05, 4.69) is 26.1 Å². The average molecular weight is 226 g/mol. The molecule has 1 aliphatic carbocycles. The summed E-state index contributed by atoms with van der Waals surface area (Å²) in [6, 6.07) is 0.00795. The second-order valence-corrected chi connectivity index (χ2v) is 5.28. The summed E-state index contributed by atoms with van der Waals surface area (Å²) in [5.74, 6) is 1.32. The summed E-state index contributed by atoms with van der Waals surface area (Å²) < 4.78 is 0. The molecule has 3 heteroatoms. The molecule has 0 aromatic heterocycles. The van der Waals surface area contributed by atoms with Crippen LogP contribution < -0.4 is 11.1 Å². The lowest BCUT2D eigenvalue weighted by molar-refractivity contribution is -0.124. The first kappa shape index (κ1) is 13.5. The topological polar surface area (TPSA) is 55.1 Å². The maximum atomic E-state index is 11.8. The molecule has 16 heavy (non-hydrogen) atoms. The molecule has 1 fully saturated rings. The van der Waals surface area contributed by atoms with Crippen molar-refractivity contribution >= 4 is 5.91 Å². The summed E-state index contributed by atoms with van der Waals surface area (Å²) in [6.07, 6.45) is 5.36. The number of amides is 1. The molecule has 0 aliphatic heterocycles. The highest BCUT2D eigenvalue weighted by molar-refractivity contribution is 5.81. The Bertz CT molecular complexity index is 230. The fourth-order valence-corrected chi connectivity index (χ4v) is 2.52. The van der Waals surface area contributed by atoms with E-state index in [1.54, 1.807) is 0 Å². The van der Waals surface area contributed by atoms with Crippen molar-refractivity contribution in [1.82, 2.24) is 5.32 Å². The van der Waals surface area contributed by atoms with Crippen molar-refractivity contribution in [2.45, 2.75) is 65.0 Å². The van der Waals surface area contributed by atoms with Crippen molar-refractivity contribution in [1.29, 1.82) is 0 Å². The van der Waals surface area contributed by atoms with Crippen LogP contribution in [-0.4, -0.2) is 18.0 Å². The average Bonchev–Trinajstić information content (AvgIpc) is 2.25. The van der Waals surface area contributed by atoms with E-state index in [0.717, 1.165) is 19.3 Å². The highest BCUT2D eigenvalue weighted by atomic mass is 16.2. The van der Waals surface area contributed by atoms with Crippen molar-refractivity contribution in [3.05, 3.63) is 0 Å². The minimum atomic E-state index is -0.325. The Morgan fingerprint density at radius 1 is 1.44 bits per heavy atom. The van der Waals surface area contributed by atoms with Gasteiger partial charge in [-0.2, -0.15) is 0 Å². The SMILES string of the molecule is CCCC(N)C(=O)NC1CCCC(C)C1C. The molecule has 4 atom stereocenters. The van der Waals surface area contributed by atoms with Gasteiger partial charge in [0, 0.05) is 6.04 Å². The molecule has 1 rings (SSSR count). The summed E-state index contributed by atoms with van der Waals surface area (Å²) in [6.45, 7) is 6.56. The van der Waals surface area contributed by atoms with Gasteiger partial charge in [-0.15, -0.1) is 0 Å². The number of hydrogen-bond acceptors (Lipinski definition) is 2. The van der Waals surface area contributed by atoms with E-state index in [9.17, 15) is 4.79 Å². The third-order valence-corrected chi connectivity index (χ3v) is 3.97. The minimum absolute atomic E-state index is 0.0350. The normalized spacial score (nSPS) is 32.1. The molecule has 3 N–H and O–H groups in total. The van der Waals surface area contributed by atoms with Gasteiger partial charge < -0.3 is 11.1 Å². The van der Waals surface area contributed by atoms with Crippen LogP contribution in [0.2, 0.25) is 0 Å². The van der Waals surface area contributed by atoms with Crippen LogP contribution in [0.3, 0.4) is 0 Å². The fraction of sp³-hybridized carbons (Fsp3) is 0.923. The van der Waals surface area contributed by atoms with Crippen LogP contribution >= 0.6 is 0 Å². The van der Waals surface area contributed by atoms with Crippen molar-refractivity contribution in [3.8, 4) is 0 Å². The van der Waals surface area contributed by atoms with Crippen LogP contribution in [0.1, 0.15) is 52.9 Å². The predicted molar refractivity (Wildman–Crippen MR) is 67.0 cm³/mol. The molecule has 0 radical (unpaired) electrons. The zero-order valence-corrected chi connectivity index (χ0v) is 10.8. The van der Waals surface area contributed by atoms with Crippen molar-refractivity contribution < 1.29 is 4.79 Å². The monoisotopic (exact) mass is 226 g/mol. The Morgan fingerprint density at radius 3 is 2.75 bits per heavy atom. The van der Waals surface area contributed by atoms with E-state index in [1.165, 1.54) is 12.8 Å². The molecule has 0 spiro atoms. The highest BCUT2D eigenvalue weighted by Crippen LogP contribution is 2.29. The molecule has 1 aliphatic rings. The maximum absolute atomic E-state index is 11.8. The largest absolute Gasteiger partial charge is 0.352 e. The van der Waals surface area contributed by atoms with Gasteiger partial charge in [-0.3, -0.25) is 4.79 Å². The first-order valence-electron chi connectivity index (χ1n) is 6.62. The van der Waals surface area contributed by atoms with Gasteiger partial charge in [-0.1, -0.05) is 40.0 Å². The van der Waals surface area contributed by atoms with Gasteiger partial charge in [0.05, 0.1) is 6.04 Å². The summed E-state index contributed by atoms with van der Waals surface area (Å²) in [4.78, 5) is 11.8. The van der Waals surface area contributed by atoms with Gasteiger partial charge in [-0.05, 0) is 24.7 Å². The van der Waals surface area contributed by atoms with Crippen molar-refractivity contribution in [3.63, 3.8) is 0 Å². The zero-order valence-electron chi connectivity index (χ0n) is 10.8. The minimum Gasteiger partial charge on any atom is -0.352 e. The highest BCUT2D eigenvalue weighted by Gasteiger charge is 2.29. The molecule has 94 valence electrons. The summed E-state index contributed by atoms with van der Waals surface area (Å²) in [5.41, 5.74) is 5.81. The van der Waals surface area contributed by atoms with E-state index in [1.807, 2.05) is 0 Å². The fourth-order valence-electron chi connectivity index (χ4n) is 2.52. The molecule has 0 heterocycles. The van der Waals surface area contributed by atoms with E-state index >= 15 is 0 Å². The Labute approximate surface area is 99.2 Å². The third kappa shape index (κ3) is 3.48. The Kier molecular flexibility index (Phi) is 5.26. The zero-order chi connectivity index (χ0) is 12.1. The Morgan fingerprint density at radius 2 is 2.12 bits per heavy atom. The van der Waals surface area contributed by atoms with Gasteiger partial charge in [0.1, 0.15) is 0 Å². The first-order valence-corrected chi connectivity index (χ1v) is 6.62. The van der Waals surface area contributed by atoms with Crippen LogP contribution in [-0.2, 0) is 4.79 Å². The molecule has 1 amide bonds. The predicted octanol–water partition coefficient (Wildman–Crippen LogP) is 2.05. The third-order valence-electron chi connectivity index (χ3n) is 3.97. The number of nitrogens with one attached hydrogen (secondary N) is 1. The van der Waals surface area contributed by atoms with Crippen molar-refractivity contribution in [2.75, 3.05) is 0 Å². The molecule has 0 aromatic rings. The summed E-state index contributed by atoms with van der Waals surface area (Å²) >= 11 is 0. The second kappa shape index (κ2) is 6.24. The molecule has 0 bridgehead atoms. The number of carbonyl (C=O) groups excluding carboxylic acids is 1. The van der Waals surface area contributed by atoms with Crippen LogP contribution in [0.4, 0.5) is 0 Å². The van der Waals surface area contributed by atoms with Crippen molar-refractivity contribution in [2.24, 2.45) is 17.6 Å². The number of hydrogen-bond donors (Lipinski definition) is 2. The molecule has 4 unspecified atom stereocenters. The van der Waals surface area contributed by atoms with E-state index in [-0.39, 0.29) is 11.9 Å². The smallest absolute Gasteiger partial charge is 0.237 e. The number of nitrogens with two attached hydrogens (primary N) is 1. The first-order chi connectivity index (χ1) is 7.56. The number of rotatable bonds is 4. The van der Waals surface area contributed by atoms with Gasteiger partial charge in [0.25, 0.3) is 0 Å². The van der Waals surface area contributed by atoms with Gasteiger partial charge in [0.2, 0.25) is 5.91 Å². The lowest BCUT2D eigenvalue weighted by atomic mass is 9.78. The Hall–Kier alpha value is -0.570. The molecule has 0 aromatic carbocycles. The van der Waals surface area contributed by atoms with Crippen LogP contribution in [0.15, 0.2) is 0 Å². The summed E-state index contributed by atoms with van der Waals surface area (Å²) in [5, 5.41) is 3.12. The molecule has 1 saturated carbocycles. The standard InChI is InChI=1S/C13H26N2O/c1-4-6-11(14)13(16)15-12-8-5-7-9(2)10(12)3/h9-12H,4-8,14H2,1-3H3,(H,15,16). The van der Waals surface area contributed by atoms with E-state index in [4.69, 9.17) is 5.73 Å². The second-order valence-electron chi connectivity index (χ2n) is 5.28. The van der Waals surface area contributed by atoms with E-state index in [0.29, 0.717) is 17.9 Å². The quantitative estimate of drug-likeness (QED) is 0.771. The lowest BCUT2D eigenvalue weighted by Crippen LogP contribution is -2.49. The lowest BCUT2D eigenvalue weighted by Gasteiger charge is -2.35. The van der Waals surface area contributed by atoms with Crippen LogP contribution in [0.5, 0.6) is 0 Å². The molecule has 3 nitrogen and oxygen atoms in total. The van der Waals surface area contributed by atoms with Gasteiger partial charge in [0.15, 0.2) is 0 Å². The van der Waals surface area contributed by atoms with Gasteiger partial charge >= 0.3 is 0 Å². The Balaban J connectivity index is 2.43. The van der Waals surface area contributed by atoms with Crippen LogP contribution in [0.25, 0.3) is 0 Å². The molecule has 0 saturated heterocycles. The maximum Gasteiger partial charge on any atom is 0.237 e. The molecular formula is C13H26N2O. The van der Waals surface area contributed by atoms with E-state index < -0.39 is 0 Å². The molecular weight excluding hydrogens is 200 g/mol.